The molecule has 2 aliphatic rings. The maximum Gasteiger partial charge on any atom is 0.0578 e. The van der Waals surface area contributed by atoms with Crippen molar-refractivity contribution in [3.8, 4) is 0 Å². The van der Waals surface area contributed by atoms with Crippen molar-refractivity contribution in [1.82, 2.24) is 0 Å². The highest BCUT2D eigenvalue weighted by Crippen LogP contribution is 2.35. The molecule has 0 radical (unpaired) electrons. The predicted molar refractivity (Wildman–Crippen MR) is 53.6 cm³/mol. The average Bonchev–Trinajstić information content (AvgIpc) is 2.63. The lowest BCUT2D eigenvalue weighted by Gasteiger charge is -2.14. The summed E-state index contributed by atoms with van der Waals surface area (Å²) in [4.78, 5) is 0.795. The van der Waals surface area contributed by atoms with Crippen molar-refractivity contribution in [1.29, 1.82) is 0 Å². The molecular weight excluding hydrogens is 216 g/mol. The third-order valence-corrected chi connectivity index (χ3v) is 3.93. The summed E-state index contributed by atoms with van der Waals surface area (Å²) < 4.78 is 5.63. The molecule has 2 rings (SSSR count). The molecule has 70 valence electrons. The molecule has 0 amide bonds. The Morgan fingerprint density at radius 2 is 2.17 bits per heavy atom. The van der Waals surface area contributed by atoms with Gasteiger partial charge in [-0.05, 0) is 44.4 Å². The third kappa shape index (κ3) is 2.23. The molecule has 2 heteroatoms. The molecule has 2 fully saturated rings. The molecule has 0 bridgehead atoms. The summed E-state index contributed by atoms with van der Waals surface area (Å²) in [5, 5.41) is 0. The van der Waals surface area contributed by atoms with Crippen LogP contribution in [-0.4, -0.2) is 17.5 Å². The minimum absolute atomic E-state index is 0.604. The van der Waals surface area contributed by atoms with Crippen LogP contribution in [0.4, 0.5) is 0 Å². The maximum absolute atomic E-state index is 5.63. The van der Waals surface area contributed by atoms with E-state index in [1.165, 1.54) is 38.5 Å². The molecule has 1 saturated heterocycles. The van der Waals surface area contributed by atoms with Crippen LogP contribution >= 0.6 is 15.9 Å². The first-order valence-corrected chi connectivity index (χ1v) is 6.02. The van der Waals surface area contributed by atoms with E-state index in [4.69, 9.17) is 4.74 Å². The fourth-order valence-corrected chi connectivity index (χ4v) is 3.22. The van der Waals surface area contributed by atoms with Crippen molar-refractivity contribution in [3.05, 3.63) is 0 Å². The van der Waals surface area contributed by atoms with Gasteiger partial charge in [0, 0.05) is 11.4 Å². The highest BCUT2D eigenvalue weighted by Gasteiger charge is 2.26. The number of hydrogen-bond acceptors (Lipinski definition) is 1. The zero-order valence-corrected chi connectivity index (χ0v) is 9.05. The van der Waals surface area contributed by atoms with Crippen LogP contribution in [0.15, 0.2) is 0 Å². The van der Waals surface area contributed by atoms with E-state index in [-0.39, 0.29) is 0 Å². The topological polar surface area (TPSA) is 9.23 Å². The second kappa shape index (κ2) is 4.10. The average molecular weight is 233 g/mol. The van der Waals surface area contributed by atoms with Gasteiger partial charge in [0.1, 0.15) is 0 Å². The van der Waals surface area contributed by atoms with Crippen LogP contribution in [-0.2, 0) is 4.74 Å². The lowest BCUT2D eigenvalue weighted by molar-refractivity contribution is 0.0904. The largest absolute Gasteiger partial charge is 0.378 e. The highest BCUT2D eigenvalue weighted by molar-refractivity contribution is 9.09. The molecule has 1 saturated carbocycles. The zero-order valence-electron chi connectivity index (χ0n) is 7.47. The van der Waals surface area contributed by atoms with Crippen LogP contribution in [0.1, 0.15) is 38.5 Å². The van der Waals surface area contributed by atoms with Crippen molar-refractivity contribution < 1.29 is 4.74 Å². The van der Waals surface area contributed by atoms with Crippen LogP contribution in [0, 0.1) is 5.92 Å². The van der Waals surface area contributed by atoms with Crippen molar-refractivity contribution >= 4 is 15.9 Å². The summed E-state index contributed by atoms with van der Waals surface area (Å²) in [7, 11) is 0. The summed E-state index contributed by atoms with van der Waals surface area (Å²) >= 11 is 3.69. The van der Waals surface area contributed by atoms with Gasteiger partial charge in [-0.15, -0.1) is 0 Å². The first-order valence-electron chi connectivity index (χ1n) is 5.10. The van der Waals surface area contributed by atoms with E-state index in [9.17, 15) is 0 Å². The van der Waals surface area contributed by atoms with Crippen LogP contribution in [0.5, 0.6) is 0 Å². The monoisotopic (exact) mass is 232 g/mol. The van der Waals surface area contributed by atoms with Gasteiger partial charge in [-0.1, -0.05) is 15.9 Å². The van der Waals surface area contributed by atoms with Crippen LogP contribution in [0.2, 0.25) is 0 Å². The smallest absolute Gasteiger partial charge is 0.0578 e. The Bertz CT molecular complexity index is 143. The third-order valence-electron chi connectivity index (χ3n) is 3.10. The molecule has 0 aromatic rings. The highest BCUT2D eigenvalue weighted by atomic mass is 79.9. The maximum atomic E-state index is 5.63. The number of alkyl halides is 1. The van der Waals surface area contributed by atoms with Gasteiger partial charge in [-0.25, -0.2) is 0 Å². The van der Waals surface area contributed by atoms with Crippen molar-refractivity contribution in [2.24, 2.45) is 5.92 Å². The Hall–Kier alpha value is 0.440. The first-order chi connectivity index (χ1) is 5.84. The predicted octanol–water partition coefficient (Wildman–Crippen LogP) is 3.12. The second-order valence-corrected chi connectivity index (χ2v) is 5.44. The van der Waals surface area contributed by atoms with Crippen LogP contribution in [0.3, 0.4) is 0 Å². The van der Waals surface area contributed by atoms with Crippen LogP contribution < -0.4 is 0 Å². The number of rotatable bonds is 2. The Morgan fingerprint density at radius 1 is 1.25 bits per heavy atom. The SMILES string of the molecule is BrC1CCC(CC2CCCO2)C1. The van der Waals surface area contributed by atoms with Gasteiger partial charge < -0.3 is 4.74 Å². The standard InChI is InChI=1S/C10H17BrO/c11-9-4-3-8(6-9)7-10-2-1-5-12-10/h8-10H,1-7H2. The lowest BCUT2D eigenvalue weighted by atomic mass is 9.99. The first kappa shape index (κ1) is 9.01. The molecule has 3 atom stereocenters. The minimum atomic E-state index is 0.604. The molecule has 12 heavy (non-hydrogen) atoms. The molecule has 0 spiro atoms. The van der Waals surface area contributed by atoms with Gasteiger partial charge in [0.25, 0.3) is 0 Å². The van der Waals surface area contributed by atoms with E-state index >= 15 is 0 Å². The van der Waals surface area contributed by atoms with Gasteiger partial charge in [0.15, 0.2) is 0 Å². The Morgan fingerprint density at radius 3 is 2.75 bits per heavy atom. The minimum Gasteiger partial charge on any atom is -0.378 e. The molecule has 0 N–H and O–H groups in total. The summed E-state index contributed by atoms with van der Waals surface area (Å²) in [5.41, 5.74) is 0. The summed E-state index contributed by atoms with van der Waals surface area (Å²) in [6, 6.07) is 0. The Labute approximate surface area is 83.0 Å². The van der Waals surface area contributed by atoms with Crippen molar-refractivity contribution in [2.45, 2.75) is 49.5 Å². The number of hydrogen-bond donors (Lipinski definition) is 0. The number of halogens is 1. The molecular formula is C10H17BrO. The molecule has 3 unspecified atom stereocenters. The van der Waals surface area contributed by atoms with E-state index in [0.29, 0.717) is 6.10 Å². The quantitative estimate of drug-likeness (QED) is 0.666. The van der Waals surface area contributed by atoms with Gasteiger partial charge in [-0.2, -0.15) is 0 Å². The Kier molecular flexibility index (Phi) is 3.08. The van der Waals surface area contributed by atoms with Crippen molar-refractivity contribution in [3.63, 3.8) is 0 Å². The van der Waals surface area contributed by atoms with E-state index in [1.807, 2.05) is 0 Å². The van der Waals surface area contributed by atoms with Gasteiger partial charge in [0.2, 0.25) is 0 Å². The van der Waals surface area contributed by atoms with E-state index in [2.05, 4.69) is 15.9 Å². The normalized spacial score (nSPS) is 42.2. The van der Waals surface area contributed by atoms with Crippen LogP contribution in [0.25, 0.3) is 0 Å². The number of ether oxygens (including phenoxy) is 1. The molecule has 1 aliphatic carbocycles. The Balaban J connectivity index is 1.72. The van der Waals surface area contributed by atoms with Gasteiger partial charge >= 0.3 is 0 Å². The second-order valence-electron chi connectivity index (χ2n) is 4.15. The van der Waals surface area contributed by atoms with Crippen molar-refractivity contribution in [2.75, 3.05) is 6.61 Å². The van der Waals surface area contributed by atoms with E-state index < -0.39 is 0 Å². The molecule has 0 aromatic carbocycles. The van der Waals surface area contributed by atoms with Gasteiger partial charge in [-0.3, -0.25) is 0 Å². The zero-order chi connectivity index (χ0) is 8.39. The fraction of sp³-hybridized carbons (Fsp3) is 1.00. The molecule has 1 heterocycles. The fourth-order valence-electron chi connectivity index (χ4n) is 2.43. The molecule has 0 aromatic heterocycles. The van der Waals surface area contributed by atoms with Gasteiger partial charge in [0.05, 0.1) is 6.10 Å². The molecule has 1 nitrogen and oxygen atoms in total. The van der Waals surface area contributed by atoms with E-state index in [0.717, 1.165) is 17.4 Å². The molecule has 1 aliphatic heterocycles. The summed E-state index contributed by atoms with van der Waals surface area (Å²) in [5.74, 6) is 0.942. The lowest BCUT2D eigenvalue weighted by Crippen LogP contribution is -2.10. The summed E-state index contributed by atoms with van der Waals surface area (Å²) in [6.07, 6.45) is 8.68. The van der Waals surface area contributed by atoms with E-state index in [1.54, 1.807) is 0 Å². The summed E-state index contributed by atoms with van der Waals surface area (Å²) in [6.45, 7) is 1.01.